The lowest BCUT2D eigenvalue weighted by Crippen LogP contribution is -2.30. The summed E-state index contributed by atoms with van der Waals surface area (Å²) in [5.74, 6) is -0.874. The summed E-state index contributed by atoms with van der Waals surface area (Å²) in [6.07, 6.45) is 46.3. The van der Waals surface area contributed by atoms with E-state index in [-0.39, 0.29) is 31.1 Å². The highest BCUT2D eigenvalue weighted by atomic mass is 16.6. The molecule has 0 aliphatic carbocycles. The average molecular weight is 763 g/mol. The predicted octanol–water partition coefficient (Wildman–Crippen LogP) is 15.0. The van der Waals surface area contributed by atoms with Gasteiger partial charge >= 0.3 is 17.9 Å². The third kappa shape index (κ3) is 41.3. The van der Waals surface area contributed by atoms with Crippen LogP contribution in [0.25, 0.3) is 0 Å². The van der Waals surface area contributed by atoms with Gasteiger partial charge in [-0.3, -0.25) is 14.4 Å². The Morgan fingerprint density at radius 2 is 0.611 bits per heavy atom. The van der Waals surface area contributed by atoms with Crippen molar-refractivity contribution in [1.29, 1.82) is 0 Å². The van der Waals surface area contributed by atoms with Crippen LogP contribution in [-0.4, -0.2) is 37.2 Å². The molecule has 54 heavy (non-hydrogen) atoms. The Hall–Kier alpha value is -1.85. The molecule has 0 radical (unpaired) electrons. The van der Waals surface area contributed by atoms with Gasteiger partial charge in [-0.25, -0.2) is 0 Å². The highest BCUT2D eigenvalue weighted by Crippen LogP contribution is 2.15. The first-order valence-electron chi connectivity index (χ1n) is 23.7. The lowest BCUT2D eigenvalue weighted by atomic mass is 10.1. The minimum absolute atomic E-state index is 0.0688. The Morgan fingerprint density at radius 3 is 0.926 bits per heavy atom. The summed E-state index contributed by atoms with van der Waals surface area (Å²) in [4.78, 5) is 37.6. The topological polar surface area (TPSA) is 78.9 Å². The molecule has 0 aromatic rings. The summed E-state index contributed by atoms with van der Waals surface area (Å²) in [5.41, 5.74) is 0. The Labute approximate surface area is 335 Å². The van der Waals surface area contributed by atoms with Crippen LogP contribution in [-0.2, 0) is 28.6 Å². The van der Waals surface area contributed by atoms with Gasteiger partial charge in [0, 0.05) is 19.3 Å². The van der Waals surface area contributed by atoms with E-state index in [1.54, 1.807) is 0 Å². The van der Waals surface area contributed by atoms with Gasteiger partial charge in [0.1, 0.15) is 13.2 Å². The van der Waals surface area contributed by atoms with Crippen LogP contribution in [0.15, 0.2) is 12.2 Å². The number of hydrogen-bond acceptors (Lipinski definition) is 6. The van der Waals surface area contributed by atoms with Gasteiger partial charge in [-0.05, 0) is 44.9 Å². The highest BCUT2D eigenvalue weighted by molar-refractivity contribution is 5.71. The van der Waals surface area contributed by atoms with E-state index in [1.165, 1.54) is 154 Å². The number of rotatable bonds is 43. The molecule has 0 bridgehead atoms. The van der Waals surface area contributed by atoms with E-state index >= 15 is 0 Å². The van der Waals surface area contributed by atoms with E-state index in [0.29, 0.717) is 19.3 Å². The smallest absolute Gasteiger partial charge is 0.306 e. The van der Waals surface area contributed by atoms with Gasteiger partial charge in [-0.1, -0.05) is 206 Å². The maximum Gasteiger partial charge on any atom is 0.306 e. The normalized spacial score (nSPS) is 12.0. The van der Waals surface area contributed by atoms with E-state index in [4.69, 9.17) is 14.2 Å². The minimum atomic E-state index is -0.763. The molecule has 0 aromatic heterocycles. The first-order chi connectivity index (χ1) is 26.5. The maximum absolute atomic E-state index is 12.7. The van der Waals surface area contributed by atoms with Crippen molar-refractivity contribution in [1.82, 2.24) is 0 Å². The van der Waals surface area contributed by atoms with Gasteiger partial charge in [0.15, 0.2) is 6.10 Å². The van der Waals surface area contributed by atoms with E-state index in [0.717, 1.165) is 64.2 Å². The van der Waals surface area contributed by atoms with Crippen molar-refractivity contribution in [2.24, 2.45) is 0 Å². The third-order valence-corrected chi connectivity index (χ3v) is 10.5. The lowest BCUT2D eigenvalue weighted by Gasteiger charge is -2.18. The van der Waals surface area contributed by atoms with Gasteiger partial charge in [0.25, 0.3) is 0 Å². The molecule has 0 amide bonds. The molecule has 0 N–H and O–H groups in total. The van der Waals surface area contributed by atoms with Gasteiger partial charge in [0.2, 0.25) is 0 Å². The second-order valence-electron chi connectivity index (χ2n) is 16.0. The molecule has 0 fully saturated rings. The van der Waals surface area contributed by atoms with Crippen molar-refractivity contribution in [3.63, 3.8) is 0 Å². The van der Waals surface area contributed by atoms with Crippen LogP contribution in [0.5, 0.6) is 0 Å². The molecule has 318 valence electrons. The van der Waals surface area contributed by atoms with Crippen LogP contribution < -0.4 is 0 Å². The summed E-state index contributed by atoms with van der Waals surface area (Å²) in [6.45, 7) is 6.60. The fourth-order valence-corrected chi connectivity index (χ4v) is 6.91. The summed E-state index contributed by atoms with van der Waals surface area (Å²) in [5, 5.41) is 0. The highest BCUT2D eigenvalue weighted by Gasteiger charge is 2.19. The van der Waals surface area contributed by atoms with Crippen molar-refractivity contribution >= 4 is 17.9 Å². The van der Waals surface area contributed by atoms with E-state index in [9.17, 15) is 14.4 Å². The fraction of sp³-hybridized carbons (Fsp3) is 0.896. The largest absolute Gasteiger partial charge is 0.462 e. The third-order valence-electron chi connectivity index (χ3n) is 10.5. The number of carbonyl (C=O) groups is 3. The van der Waals surface area contributed by atoms with Crippen molar-refractivity contribution in [2.45, 2.75) is 264 Å². The molecular formula is C48H90O6. The van der Waals surface area contributed by atoms with Crippen molar-refractivity contribution < 1.29 is 28.6 Å². The first-order valence-corrected chi connectivity index (χ1v) is 23.7. The zero-order chi connectivity index (χ0) is 39.4. The number of carbonyl (C=O) groups excluding carboxylic acids is 3. The van der Waals surface area contributed by atoms with Crippen LogP contribution >= 0.6 is 0 Å². The monoisotopic (exact) mass is 763 g/mol. The summed E-state index contributed by atoms with van der Waals surface area (Å²) >= 11 is 0. The molecule has 0 saturated carbocycles. The molecule has 0 aliphatic rings. The number of allylic oxidation sites excluding steroid dienone is 2. The number of hydrogen-bond donors (Lipinski definition) is 0. The fourth-order valence-electron chi connectivity index (χ4n) is 6.91. The molecule has 0 aromatic carbocycles. The summed E-state index contributed by atoms with van der Waals surface area (Å²) in [7, 11) is 0. The SMILES string of the molecule is CCCCCCCCCCC/C=C\CCCCCCCC(=O)OCC(COC(=O)CCCCCCCCCCC)OC(=O)CCCCCCCCCCC. The number of ether oxygens (including phenoxy) is 3. The molecule has 0 saturated heterocycles. The van der Waals surface area contributed by atoms with Crippen molar-refractivity contribution in [3.05, 3.63) is 12.2 Å². The second kappa shape index (κ2) is 43.9. The minimum Gasteiger partial charge on any atom is -0.462 e. The van der Waals surface area contributed by atoms with Gasteiger partial charge < -0.3 is 14.2 Å². The average Bonchev–Trinajstić information content (AvgIpc) is 3.17. The molecule has 0 rings (SSSR count). The van der Waals surface area contributed by atoms with Crippen molar-refractivity contribution in [3.8, 4) is 0 Å². The number of unbranched alkanes of at least 4 members (excludes halogenated alkanes) is 30. The molecule has 1 unspecified atom stereocenters. The molecule has 0 heterocycles. The molecule has 0 aliphatic heterocycles. The molecule has 6 nitrogen and oxygen atoms in total. The second-order valence-corrected chi connectivity index (χ2v) is 16.0. The van der Waals surface area contributed by atoms with E-state index in [2.05, 4.69) is 32.9 Å². The zero-order valence-electron chi connectivity index (χ0n) is 36.3. The Morgan fingerprint density at radius 1 is 0.352 bits per heavy atom. The van der Waals surface area contributed by atoms with E-state index in [1.807, 2.05) is 0 Å². The molecule has 6 heteroatoms. The standard InChI is InChI=1S/C48H90O6/c1-4-7-10-13-16-19-20-21-22-23-24-25-26-27-30-32-35-38-41-47(50)53-44-45(54-48(51)42-39-36-33-29-18-15-12-9-6-3)43-52-46(49)40-37-34-31-28-17-14-11-8-5-2/h24-25,45H,4-23,26-44H2,1-3H3/b25-24-. The lowest BCUT2D eigenvalue weighted by molar-refractivity contribution is -0.167. The Bertz CT molecular complexity index is 839. The van der Waals surface area contributed by atoms with Crippen LogP contribution in [0.1, 0.15) is 258 Å². The number of esters is 3. The quantitative estimate of drug-likeness (QED) is 0.0266. The molecule has 0 spiro atoms. The van der Waals surface area contributed by atoms with Crippen LogP contribution in [0.2, 0.25) is 0 Å². The van der Waals surface area contributed by atoms with E-state index < -0.39 is 6.10 Å². The van der Waals surface area contributed by atoms with Crippen molar-refractivity contribution in [2.75, 3.05) is 13.2 Å². The van der Waals surface area contributed by atoms with Gasteiger partial charge in [-0.15, -0.1) is 0 Å². The summed E-state index contributed by atoms with van der Waals surface area (Å²) < 4.78 is 16.7. The van der Waals surface area contributed by atoms with Crippen LogP contribution in [0.4, 0.5) is 0 Å². The molecular weight excluding hydrogens is 673 g/mol. The van der Waals surface area contributed by atoms with Gasteiger partial charge in [0.05, 0.1) is 0 Å². The Kier molecular flexibility index (Phi) is 42.4. The van der Waals surface area contributed by atoms with Crippen LogP contribution in [0.3, 0.4) is 0 Å². The summed E-state index contributed by atoms with van der Waals surface area (Å²) in [6, 6.07) is 0. The maximum atomic E-state index is 12.7. The predicted molar refractivity (Wildman–Crippen MR) is 229 cm³/mol. The zero-order valence-corrected chi connectivity index (χ0v) is 36.3. The van der Waals surface area contributed by atoms with Crippen LogP contribution in [0, 0.1) is 0 Å². The Balaban J connectivity index is 4.24. The first kappa shape index (κ1) is 52.2. The molecule has 1 atom stereocenters. The van der Waals surface area contributed by atoms with Gasteiger partial charge in [-0.2, -0.15) is 0 Å².